The Bertz CT molecular complexity index is 450. The first-order valence-corrected chi connectivity index (χ1v) is 6.86. The second-order valence-electron chi connectivity index (χ2n) is 4.14. The van der Waals surface area contributed by atoms with Crippen LogP contribution in [-0.4, -0.2) is 0 Å². The number of hydrogen-bond acceptors (Lipinski definition) is 1. The van der Waals surface area contributed by atoms with E-state index in [0.29, 0.717) is 6.04 Å². The SMILES string of the molecule is C[C@H](NCc1ccc(I)cc1)c1ccccc1. The average Bonchev–Trinajstić information content (AvgIpc) is 2.39. The summed E-state index contributed by atoms with van der Waals surface area (Å²) in [6.45, 7) is 3.11. The molecule has 0 fully saturated rings. The van der Waals surface area contributed by atoms with Gasteiger partial charge in [-0.2, -0.15) is 0 Å². The van der Waals surface area contributed by atoms with Gasteiger partial charge < -0.3 is 5.32 Å². The Kier molecular flexibility index (Phi) is 4.57. The normalized spacial score (nSPS) is 12.4. The highest BCUT2D eigenvalue weighted by Crippen LogP contribution is 2.13. The van der Waals surface area contributed by atoms with Gasteiger partial charge in [0.15, 0.2) is 0 Å². The van der Waals surface area contributed by atoms with Crippen molar-refractivity contribution in [2.75, 3.05) is 0 Å². The topological polar surface area (TPSA) is 12.0 Å². The van der Waals surface area contributed by atoms with Gasteiger partial charge in [0, 0.05) is 16.2 Å². The molecule has 0 amide bonds. The van der Waals surface area contributed by atoms with Gasteiger partial charge in [0.05, 0.1) is 0 Å². The van der Waals surface area contributed by atoms with Gasteiger partial charge >= 0.3 is 0 Å². The minimum Gasteiger partial charge on any atom is -0.306 e. The Labute approximate surface area is 116 Å². The molecule has 88 valence electrons. The minimum atomic E-state index is 0.385. The molecule has 2 aromatic carbocycles. The third kappa shape index (κ3) is 3.82. The summed E-state index contributed by atoms with van der Waals surface area (Å²) in [6.07, 6.45) is 0. The summed E-state index contributed by atoms with van der Waals surface area (Å²) in [4.78, 5) is 0. The largest absolute Gasteiger partial charge is 0.306 e. The Morgan fingerprint density at radius 1 is 1.00 bits per heavy atom. The lowest BCUT2D eigenvalue weighted by molar-refractivity contribution is 0.574. The molecule has 2 rings (SSSR count). The highest BCUT2D eigenvalue weighted by atomic mass is 127. The maximum atomic E-state index is 3.53. The van der Waals surface area contributed by atoms with Crippen LogP contribution < -0.4 is 5.32 Å². The van der Waals surface area contributed by atoms with Crippen LogP contribution in [0.3, 0.4) is 0 Å². The first-order chi connectivity index (χ1) is 8.25. The average molecular weight is 337 g/mol. The van der Waals surface area contributed by atoms with Gasteiger partial charge in [-0.3, -0.25) is 0 Å². The summed E-state index contributed by atoms with van der Waals surface area (Å²) in [7, 11) is 0. The van der Waals surface area contributed by atoms with E-state index >= 15 is 0 Å². The molecule has 17 heavy (non-hydrogen) atoms. The molecule has 0 saturated heterocycles. The van der Waals surface area contributed by atoms with Crippen molar-refractivity contribution in [2.24, 2.45) is 0 Å². The van der Waals surface area contributed by atoms with Crippen molar-refractivity contribution in [3.8, 4) is 0 Å². The van der Waals surface area contributed by atoms with Crippen LogP contribution in [0, 0.1) is 3.57 Å². The number of hydrogen-bond donors (Lipinski definition) is 1. The molecule has 0 aliphatic heterocycles. The lowest BCUT2D eigenvalue weighted by Crippen LogP contribution is -2.17. The van der Waals surface area contributed by atoms with E-state index in [2.05, 4.69) is 89.4 Å². The van der Waals surface area contributed by atoms with Gasteiger partial charge in [-0.1, -0.05) is 42.5 Å². The van der Waals surface area contributed by atoms with Crippen LogP contribution >= 0.6 is 22.6 Å². The molecule has 0 unspecified atom stereocenters. The first kappa shape index (κ1) is 12.6. The van der Waals surface area contributed by atoms with Crippen molar-refractivity contribution in [1.82, 2.24) is 5.32 Å². The van der Waals surface area contributed by atoms with Crippen LogP contribution in [0.1, 0.15) is 24.1 Å². The number of nitrogens with one attached hydrogen (secondary N) is 1. The standard InChI is InChI=1S/C15H16IN/c1-12(14-5-3-2-4-6-14)17-11-13-7-9-15(16)10-8-13/h2-10,12,17H,11H2,1H3/t12-/m0/s1. The van der Waals surface area contributed by atoms with Crippen LogP contribution in [-0.2, 0) is 6.54 Å². The number of benzene rings is 2. The van der Waals surface area contributed by atoms with Crippen molar-refractivity contribution < 1.29 is 0 Å². The second kappa shape index (κ2) is 6.17. The molecule has 0 aliphatic rings. The fraction of sp³-hybridized carbons (Fsp3) is 0.200. The molecule has 1 N–H and O–H groups in total. The monoisotopic (exact) mass is 337 g/mol. The highest BCUT2D eigenvalue weighted by Gasteiger charge is 2.03. The van der Waals surface area contributed by atoms with Gasteiger partial charge in [0.1, 0.15) is 0 Å². The molecule has 2 aromatic rings. The van der Waals surface area contributed by atoms with Crippen molar-refractivity contribution in [3.05, 3.63) is 69.3 Å². The van der Waals surface area contributed by atoms with E-state index in [1.165, 1.54) is 14.7 Å². The molecular weight excluding hydrogens is 321 g/mol. The molecule has 0 aliphatic carbocycles. The third-order valence-electron chi connectivity index (χ3n) is 2.83. The fourth-order valence-corrected chi connectivity index (χ4v) is 2.09. The lowest BCUT2D eigenvalue weighted by atomic mass is 10.1. The molecule has 0 spiro atoms. The molecule has 0 bridgehead atoms. The van der Waals surface area contributed by atoms with Crippen molar-refractivity contribution >= 4 is 22.6 Å². The van der Waals surface area contributed by atoms with E-state index in [9.17, 15) is 0 Å². The predicted octanol–water partition coefficient (Wildman–Crippen LogP) is 4.14. The predicted molar refractivity (Wildman–Crippen MR) is 80.9 cm³/mol. The molecule has 1 atom stereocenters. The molecule has 0 heterocycles. The number of rotatable bonds is 4. The zero-order valence-electron chi connectivity index (χ0n) is 9.86. The summed E-state index contributed by atoms with van der Waals surface area (Å²) >= 11 is 2.33. The summed E-state index contributed by atoms with van der Waals surface area (Å²) in [5.41, 5.74) is 2.66. The zero-order chi connectivity index (χ0) is 12.1. The Morgan fingerprint density at radius 2 is 1.65 bits per heavy atom. The van der Waals surface area contributed by atoms with Crippen LogP contribution in [0.25, 0.3) is 0 Å². The molecule has 1 nitrogen and oxygen atoms in total. The maximum Gasteiger partial charge on any atom is 0.0294 e. The zero-order valence-corrected chi connectivity index (χ0v) is 12.0. The fourth-order valence-electron chi connectivity index (χ4n) is 1.73. The molecule has 2 heteroatoms. The van der Waals surface area contributed by atoms with Gasteiger partial charge in [-0.25, -0.2) is 0 Å². The summed E-state index contributed by atoms with van der Waals surface area (Å²) < 4.78 is 1.28. The molecular formula is C15H16IN. The van der Waals surface area contributed by atoms with Crippen LogP contribution in [0.15, 0.2) is 54.6 Å². The van der Waals surface area contributed by atoms with Crippen LogP contribution in [0.4, 0.5) is 0 Å². The third-order valence-corrected chi connectivity index (χ3v) is 3.54. The quantitative estimate of drug-likeness (QED) is 0.827. The highest BCUT2D eigenvalue weighted by molar-refractivity contribution is 14.1. The second-order valence-corrected chi connectivity index (χ2v) is 5.39. The van der Waals surface area contributed by atoms with Crippen molar-refractivity contribution in [1.29, 1.82) is 0 Å². The van der Waals surface area contributed by atoms with E-state index in [1.807, 2.05) is 0 Å². The van der Waals surface area contributed by atoms with Gasteiger partial charge in [0.25, 0.3) is 0 Å². The Hall–Kier alpha value is -0.870. The smallest absolute Gasteiger partial charge is 0.0294 e. The van der Waals surface area contributed by atoms with Gasteiger partial charge in [-0.05, 0) is 52.8 Å². The van der Waals surface area contributed by atoms with Crippen LogP contribution in [0.2, 0.25) is 0 Å². The molecule has 0 saturated carbocycles. The van der Waals surface area contributed by atoms with E-state index in [1.54, 1.807) is 0 Å². The Balaban J connectivity index is 1.92. The van der Waals surface area contributed by atoms with Gasteiger partial charge in [0.2, 0.25) is 0 Å². The van der Waals surface area contributed by atoms with Crippen LogP contribution in [0.5, 0.6) is 0 Å². The molecule has 0 aromatic heterocycles. The summed E-state index contributed by atoms with van der Waals surface area (Å²) in [6, 6.07) is 19.5. The van der Waals surface area contributed by atoms with E-state index in [0.717, 1.165) is 6.54 Å². The minimum absolute atomic E-state index is 0.385. The maximum absolute atomic E-state index is 3.53. The summed E-state index contributed by atoms with van der Waals surface area (Å²) in [5, 5.41) is 3.53. The van der Waals surface area contributed by atoms with E-state index < -0.39 is 0 Å². The van der Waals surface area contributed by atoms with Gasteiger partial charge in [-0.15, -0.1) is 0 Å². The number of halogens is 1. The van der Waals surface area contributed by atoms with Crippen molar-refractivity contribution in [2.45, 2.75) is 19.5 Å². The first-order valence-electron chi connectivity index (χ1n) is 5.78. The van der Waals surface area contributed by atoms with E-state index in [-0.39, 0.29) is 0 Å². The Morgan fingerprint density at radius 3 is 2.29 bits per heavy atom. The summed E-state index contributed by atoms with van der Waals surface area (Å²) in [5.74, 6) is 0. The lowest BCUT2D eigenvalue weighted by Gasteiger charge is -2.14. The van der Waals surface area contributed by atoms with E-state index in [4.69, 9.17) is 0 Å². The van der Waals surface area contributed by atoms with Crippen molar-refractivity contribution in [3.63, 3.8) is 0 Å². The molecule has 0 radical (unpaired) electrons.